The Hall–Kier alpha value is -1.88. The molecule has 108 valence electrons. The largest absolute Gasteiger partial charge is 0.368 e. The summed E-state index contributed by atoms with van der Waals surface area (Å²) >= 11 is 0. The van der Waals surface area contributed by atoms with E-state index in [2.05, 4.69) is 5.10 Å². The fourth-order valence-electron chi connectivity index (χ4n) is 2.27. The zero-order valence-electron chi connectivity index (χ0n) is 12.2. The number of hydrogen-bond acceptors (Lipinski definition) is 3. The van der Waals surface area contributed by atoms with Crippen LogP contribution in [0.2, 0.25) is 0 Å². The Balaban J connectivity index is 2.11. The molecule has 0 amide bonds. The molecular formula is C15H21FN4. The predicted octanol–water partition coefficient (Wildman–Crippen LogP) is 2.09. The fraction of sp³-hybridized carbons (Fsp3) is 0.400. The smallest absolute Gasteiger partial charge is 0.146 e. The van der Waals surface area contributed by atoms with Gasteiger partial charge in [0.25, 0.3) is 0 Å². The van der Waals surface area contributed by atoms with Crippen LogP contribution in [-0.2, 0) is 20.0 Å². The monoisotopic (exact) mass is 276 g/mol. The van der Waals surface area contributed by atoms with Gasteiger partial charge in [0.15, 0.2) is 0 Å². The van der Waals surface area contributed by atoms with Crippen molar-refractivity contribution < 1.29 is 4.39 Å². The van der Waals surface area contributed by atoms with Crippen molar-refractivity contribution in [2.24, 2.45) is 12.8 Å². The standard InChI is InChI=1S/C15H21FN4/c1-11(17)6-12-4-5-15(14(16)7-12)19(2)9-13-8-18-20(3)10-13/h4-5,7-8,10-11H,6,9,17H2,1-3H3. The van der Waals surface area contributed by atoms with Crippen molar-refractivity contribution in [1.82, 2.24) is 9.78 Å². The Kier molecular flexibility index (Phi) is 4.39. The van der Waals surface area contributed by atoms with E-state index in [1.165, 1.54) is 0 Å². The Bertz CT molecular complexity index is 577. The van der Waals surface area contributed by atoms with Gasteiger partial charge in [-0.1, -0.05) is 6.07 Å². The first-order chi connectivity index (χ1) is 9.45. The number of nitrogens with two attached hydrogens (primary N) is 1. The second kappa shape index (κ2) is 6.05. The van der Waals surface area contributed by atoms with Gasteiger partial charge in [-0.25, -0.2) is 4.39 Å². The van der Waals surface area contributed by atoms with Crippen LogP contribution in [0.25, 0.3) is 0 Å². The Morgan fingerprint density at radius 2 is 2.15 bits per heavy atom. The lowest BCUT2D eigenvalue weighted by Crippen LogP contribution is -2.19. The lowest BCUT2D eigenvalue weighted by atomic mass is 10.1. The van der Waals surface area contributed by atoms with Crippen LogP contribution >= 0.6 is 0 Å². The van der Waals surface area contributed by atoms with Gasteiger partial charge >= 0.3 is 0 Å². The molecule has 0 aliphatic carbocycles. The highest BCUT2D eigenvalue weighted by atomic mass is 19.1. The summed E-state index contributed by atoms with van der Waals surface area (Å²) in [6, 6.07) is 5.34. The first-order valence-electron chi connectivity index (χ1n) is 6.68. The van der Waals surface area contributed by atoms with Gasteiger partial charge < -0.3 is 10.6 Å². The fourth-order valence-corrected chi connectivity index (χ4v) is 2.27. The minimum atomic E-state index is -0.213. The maximum absolute atomic E-state index is 14.2. The van der Waals surface area contributed by atoms with Crippen LogP contribution < -0.4 is 10.6 Å². The number of rotatable bonds is 5. The lowest BCUT2D eigenvalue weighted by Gasteiger charge is -2.20. The van der Waals surface area contributed by atoms with E-state index in [0.717, 1.165) is 11.1 Å². The molecule has 1 heterocycles. The van der Waals surface area contributed by atoms with E-state index >= 15 is 0 Å². The Labute approximate surface area is 119 Å². The van der Waals surface area contributed by atoms with E-state index in [9.17, 15) is 4.39 Å². The van der Waals surface area contributed by atoms with E-state index in [-0.39, 0.29) is 11.9 Å². The number of benzene rings is 1. The third kappa shape index (κ3) is 3.57. The molecule has 1 aromatic carbocycles. The average molecular weight is 276 g/mol. The summed E-state index contributed by atoms with van der Waals surface area (Å²) in [5, 5.41) is 4.11. The van der Waals surface area contributed by atoms with E-state index in [0.29, 0.717) is 18.7 Å². The first-order valence-corrected chi connectivity index (χ1v) is 6.68. The summed E-state index contributed by atoms with van der Waals surface area (Å²) in [6.07, 6.45) is 4.40. The van der Waals surface area contributed by atoms with Crippen LogP contribution in [-0.4, -0.2) is 22.9 Å². The summed E-state index contributed by atoms with van der Waals surface area (Å²) in [4.78, 5) is 1.88. The Morgan fingerprint density at radius 3 is 2.70 bits per heavy atom. The molecule has 0 aliphatic rings. The first kappa shape index (κ1) is 14.5. The molecule has 2 rings (SSSR count). The highest BCUT2D eigenvalue weighted by Gasteiger charge is 2.10. The lowest BCUT2D eigenvalue weighted by molar-refractivity contribution is 0.617. The normalized spacial score (nSPS) is 12.4. The van der Waals surface area contributed by atoms with E-state index < -0.39 is 0 Å². The topological polar surface area (TPSA) is 47.1 Å². The van der Waals surface area contributed by atoms with Crippen LogP contribution in [0.5, 0.6) is 0 Å². The molecule has 0 radical (unpaired) electrons. The maximum Gasteiger partial charge on any atom is 0.146 e. The zero-order valence-corrected chi connectivity index (χ0v) is 12.2. The maximum atomic E-state index is 14.2. The third-order valence-corrected chi connectivity index (χ3v) is 3.16. The zero-order chi connectivity index (χ0) is 14.7. The molecule has 20 heavy (non-hydrogen) atoms. The molecule has 2 aromatic rings. The summed E-state index contributed by atoms with van der Waals surface area (Å²) in [5.74, 6) is -0.213. The molecule has 0 aliphatic heterocycles. The van der Waals surface area contributed by atoms with Crippen molar-refractivity contribution >= 4 is 5.69 Å². The van der Waals surface area contributed by atoms with Crippen LogP contribution in [0.15, 0.2) is 30.6 Å². The molecule has 0 bridgehead atoms. The van der Waals surface area contributed by atoms with Gasteiger partial charge in [0.1, 0.15) is 5.82 Å². The number of nitrogens with zero attached hydrogens (tertiary/aromatic N) is 3. The molecule has 2 N–H and O–H groups in total. The van der Waals surface area contributed by atoms with Gasteiger partial charge in [-0.15, -0.1) is 0 Å². The molecule has 0 spiro atoms. The molecule has 1 aromatic heterocycles. The molecule has 4 nitrogen and oxygen atoms in total. The van der Waals surface area contributed by atoms with Gasteiger partial charge in [-0.05, 0) is 31.0 Å². The quantitative estimate of drug-likeness (QED) is 0.909. The van der Waals surface area contributed by atoms with Crippen molar-refractivity contribution in [2.45, 2.75) is 25.9 Å². The van der Waals surface area contributed by atoms with Gasteiger partial charge in [0.2, 0.25) is 0 Å². The SMILES string of the molecule is CC(N)Cc1ccc(N(C)Cc2cnn(C)c2)c(F)c1. The van der Waals surface area contributed by atoms with Crippen LogP contribution in [0.1, 0.15) is 18.1 Å². The van der Waals surface area contributed by atoms with Crippen molar-refractivity contribution in [1.29, 1.82) is 0 Å². The summed E-state index contributed by atoms with van der Waals surface area (Å²) in [5.41, 5.74) is 8.30. The molecule has 0 saturated heterocycles. The number of aromatic nitrogens is 2. The number of anilines is 1. The minimum Gasteiger partial charge on any atom is -0.368 e. The molecule has 0 fully saturated rings. The van der Waals surface area contributed by atoms with Crippen molar-refractivity contribution in [3.8, 4) is 0 Å². The van der Waals surface area contributed by atoms with Gasteiger partial charge in [-0.3, -0.25) is 4.68 Å². The second-order valence-electron chi connectivity index (χ2n) is 5.35. The molecule has 1 atom stereocenters. The third-order valence-electron chi connectivity index (χ3n) is 3.16. The van der Waals surface area contributed by atoms with Gasteiger partial charge in [0, 0.05) is 38.4 Å². The van der Waals surface area contributed by atoms with Crippen molar-refractivity contribution in [3.63, 3.8) is 0 Å². The summed E-state index contributed by atoms with van der Waals surface area (Å²) < 4.78 is 15.9. The highest BCUT2D eigenvalue weighted by molar-refractivity contribution is 5.49. The van der Waals surface area contributed by atoms with Crippen molar-refractivity contribution in [3.05, 3.63) is 47.5 Å². The molecule has 0 saturated carbocycles. The summed E-state index contributed by atoms with van der Waals surface area (Å²) in [6.45, 7) is 2.54. The summed E-state index contributed by atoms with van der Waals surface area (Å²) in [7, 11) is 3.74. The van der Waals surface area contributed by atoms with Crippen molar-refractivity contribution in [2.75, 3.05) is 11.9 Å². The van der Waals surface area contributed by atoms with Crippen LogP contribution in [0, 0.1) is 5.82 Å². The van der Waals surface area contributed by atoms with Crippen LogP contribution in [0.4, 0.5) is 10.1 Å². The molecular weight excluding hydrogens is 255 g/mol. The van der Waals surface area contributed by atoms with E-state index in [1.807, 2.05) is 44.2 Å². The predicted molar refractivity (Wildman–Crippen MR) is 79.1 cm³/mol. The number of hydrogen-bond donors (Lipinski definition) is 1. The number of aryl methyl sites for hydroxylation is 1. The van der Waals surface area contributed by atoms with Gasteiger partial charge in [0.05, 0.1) is 11.9 Å². The average Bonchev–Trinajstić information content (AvgIpc) is 2.73. The van der Waals surface area contributed by atoms with Crippen LogP contribution in [0.3, 0.4) is 0 Å². The minimum absolute atomic E-state index is 0.0355. The highest BCUT2D eigenvalue weighted by Crippen LogP contribution is 2.21. The number of halogens is 1. The van der Waals surface area contributed by atoms with Gasteiger partial charge in [-0.2, -0.15) is 5.10 Å². The van der Waals surface area contributed by atoms with E-state index in [1.54, 1.807) is 16.9 Å². The molecule has 5 heteroatoms. The second-order valence-corrected chi connectivity index (χ2v) is 5.35. The Morgan fingerprint density at radius 1 is 1.40 bits per heavy atom. The van der Waals surface area contributed by atoms with E-state index in [4.69, 9.17) is 5.73 Å². The molecule has 1 unspecified atom stereocenters.